The summed E-state index contributed by atoms with van der Waals surface area (Å²) in [5, 5.41) is 2.82. The summed E-state index contributed by atoms with van der Waals surface area (Å²) < 4.78 is 27.7. The van der Waals surface area contributed by atoms with Crippen LogP contribution in [0.5, 0.6) is 0 Å². The second kappa shape index (κ2) is 9.21. The van der Waals surface area contributed by atoms with Gasteiger partial charge in [-0.15, -0.1) is 6.58 Å². The zero-order valence-electron chi connectivity index (χ0n) is 15.9. The molecule has 0 atom stereocenters. The first-order valence-corrected chi connectivity index (χ1v) is 10.6. The van der Waals surface area contributed by atoms with E-state index in [9.17, 15) is 13.2 Å². The number of carbonyl (C=O) groups is 1. The number of carbonyl (C=O) groups excluding carboxylic acids is 1. The highest BCUT2D eigenvalue weighted by molar-refractivity contribution is 7.92. The van der Waals surface area contributed by atoms with Crippen LogP contribution in [0.4, 0.5) is 5.69 Å². The van der Waals surface area contributed by atoms with Crippen LogP contribution in [0.25, 0.3) is 0 Å². The number of amides is 1. The van der Waals surface area contributed by atoms with Gasteiger partial charge in [0.2, 0.25) is 0 Å². The van der Waals surface area contributed by atoms with E-state index in [2.05, 4.69) is 11.9 Å². The van der Waals surface area contributed by atoms with Crippen LogP contribution in [-0.4, -0.2) is 20.9 Å². The van der Waals surface area contributed by atoms with E-state index in [0.29, 0.717) is 12.2 Å². The minimum Gasteiger partial charge on any atom is -0.348 e. The number of sulfonamides is 1. The number of rotatable bonds is 8. The third kappa shape index (κ3) is 4.92. The van der Waals surface area contributed by atoms with E-state index >= 15 is 0 Å². The standard InChI is InChI=1S/C23H22N2O3S/c1-2-16-25(21-13-7-4-8-14-21)29(27,28)22-15-9-12-20(17-22)23(26)24-18-19-10-5-3-6-11-19/h2-15,17H,1,16,18H2,(H,24,26). The molecule has 0 unspecified atom stereocenters. The Morgan fingerprint density at radius 2 is 1.59 bits per heavy atom. The van der Waals surface area contributed by atoms with E-state index in [0.717, 1.165) is 5.56 Å². The third-order valence-corrected chi connectivity index (χ3v) is 6.11. The highest BCUT2D eigenvalue weighted by Gasteiger charge is 2.24. The molecular formula is C23H22N2O3S. The molecule has 1 N–H and O–H groups in total. The summed E-state index contributed by atoms with van der Waals surface area (Å²) >= 11 is 0. The summed E-state index contributed by atoms with van der Waals surface area (Å²) in [6.07, 6.45) is 1.53. The van der Waals surface area contributed by atoms with Crippen molar-refractivity contribution in [3.63, 3.8) is 0 Å². The average Bonchev–Trinajstić information content (AvgIpc) is 2.77. The normalized spacial score (nSPS) is 10.9. The molecule has 0 aliphatic heterocycles. The fourth-order valence-electron chi connectivity index (χ4n) is 2.86. The third-order valence-electron chi connectivity index (χ3n) is 4.32. The molecule has 5 nitrogen and oxygen atoms in total. The topological polar surface area (TPSA) is 66.5 Å². The van der Waals surface area contributed by atoms with Crippen LogP contribution in [-0.2, 0) is 16.6 Å². The molecule has 6 heteroatoms. The van der Waals surface area contributed by atoms with E-state index in [-0.39, 0.29) is 22.9 Å². The number of nitrogens with zero attached hydrogens (tertiary/aromatic N) is 1. The fraction of sp³-hybridized carbons (Fsp3) is 0.0870. The Morgan fingerprint density at radius 3 is 2.24 bits per heavy atom. The largest absolute Gasteiger partial charge is 0.348 e. The first-order chi connectivity index (χ1) is 14.0. The molecular weight excluding hydrogens is 384 g/mol. The van der Waals surface area contributed by atoms with Crippen LogP contribution >= 0.6 is 0 Å². The van der Waals surface area contributed by atoms with Crippen molar-refractivity contribution in [1.29, 1.82) is 0 Å². The lowest BCUT2D eigenvalue weighted by molar-refractivity contribution is 0.0950. The van der Waals surface area contributed by atoms with Gasteiger partial charge in [0, 0.05) is 12.1 Å². The first-order valence-electron chi connectivity index (χ1n) is 9.13. The summed E-state index contributed by atoms with van der Waals surface area (Å²) in [5.74, 6) is -0.333. The Hall–Kier alpha value is -3.38. The van der Waals surface area contributed by atoms with Crippen molar-refractivity contribution in [1.82, 2.24) is 5.32 Å². The predicted octanol–water partition coefficient (Wildman–Crippen LogP) is 4.00. The summed E-state index contributed by atoms with van der Waals surface area (Å²) in [5.41, 5.74) is 1.78. The lowest BCUT2D eigenvalue weighted by atomic mass is 10.2. The molecule has 0 saturated carbocycles. The van der Waals surface area contributed by atoms with Gasteiger partial charge < -0.3 is 5.32 Å². The monoisotopic (exact) mass is 406 g/mol. The Labute approximate surface area is 171 Å². The van der Waals surface area contributed by atoms with Gasteiger partial charge in [-0.1, -0.05) is 60.7 Å². The molecule has 0 saturated heterocycles. The van der Waals surface area contributed by atoms with Gasteiger partial charge >= 0.3 is 0 Å². The van der Waals surface area contributed by atoms with Gasteiger partial charge in [-0.25, -0.2) is 8.42 Å². The quantitative estimate of drug-likeness (QED) is 0.575. The maximum atomic E-state index is 13.2. The molecule has 0 aliphatic rings. The lowest BCUT2D eigenvalue weighted by Gasteiger charge is -2.23. The van der Waals surface area contributed by atoms with Crippen molar-refractivity contribution >= 4 is 21.6 Å². The highest BCUT2D eigenvalue weighted by atomic mass is 32.2. The van der Waals surface area contributed by atoms with Crippen LogP contribution in [0.2, 0.25) is 0 Å². The molecule has 0 heterocycles. The highest BCUT2D eigenvalue weighted by Crippen LogP contribution is 2.24. The van der Waals surface area contributed by atoms with Gasteiger partial charge in [0.25, 0.3) is 15.9 Å². The van der Waals surface area contributed by atoms with Gasteiger partial charge in [0.05, 0.1) is 17.1 Å². The lowest BCUT2D eigenvalue weighted by Crippen LogP contribution is -2.31. The molecule has 0 aromatic heterocycles. The van der Waals surface area contributed by atoms with Crippen molar-refractivity contribution in [3.05, 3.63) is 109 Å². The number of anilines is 1. The zero-order valence-corrected chi connectivity index (χ0v) is 16.7. The molecule has 0 bridgehead atoms. The van der Waals surface area contributed by atoms with Crippen molar-refractivity contribution < 1.29 is 13.2 Å². The summed E-state index contributed by atoms with van der Waals surface area (Å²) in [4.78, 5) is 12.6. The molecule has 3 aromatic rings. The smallest absolute Gasteiger partial charge is 0.264 e. The molecule has 0 fully saturated rings. The minimum atomic E-state index is -3.86. The molecule has 0 spiro atoms. The van der Waals surface area contributed by atoms with Gasteiger partial charge in [-0.05, 0) is 35.9 Å². The zero-order chi connectivity index (χ0) is 20.7. The van der Waals surface area contributed by atoms with Gasteiger partial charge in [-0.2, -0.15) is 0 Å². The average molecular weight is 407 g/mol. The Morgan fingerprint density at radius 1 is 0.931 bits per heavy atom. The molecule has 3 aromatic carbocycles. The van der Waals surface area contributed by atoms with Crippen molar-refractivity contribution in [2.24, 2.45) is 0 Å². The number of para-hydroxylation sites is 1. The van der Waals surface area contributed by atoms with Crippen LogP contribution in [0.15, 0.2) is 102 Å². The van der Waals surface area contributed by atoms with E-state index in [4.69, 9.17) is 0 Å². The van der Waals surface area contributed by atoms with Crippen LogP contribution in [0.1, 0.15) is 15.9 Å². The van der Waals surface area contributed by atoms with E-state index < -0.39 is 10.0 Å². The SMILES string of the molecule is C=CCN(c1ccccc1)S(=O)(=O)c1cccc(C(=O)NCc2ccccc2)c1. The first kappa shape index (κ1) is 20.4. The molecule has 0 aliphatic carbocycles. The predicted molar refractivity (Wildman–Crippen MR) is 115 cm³/mol. The molecule has 1 amide bonds. The summed E-state index contributed by atoms with van der Waals surface area (Å²) in [7, 11) is -3.86. The second-order valence-corrected chi connectivity index (χ2v) is 8.22. The van der Waals surface area contributed by atoms with Crippen LogP contribution < -0.4 is 9.62 Å². The number of nitrogens with one attached hydrogen (secondary N) is 1. The van der Waals surface area contributed by atoms with Gasteiger partial charge in [-0.3, -0.25) is 9.10 Å². The number of benzene rings is 3. The Kier molecular flexibility index (Phi) is 6.46. The molecule has 29 heavy (non-hydrogen) atoms. The van der Waals surface area contributed by atoms with Crippen molar-refractivity contribution in [3.8, 4) is 0 Å². The summed E-state index contributed by atoms with van der Waals surface area (Å²) in [6, 6.07) is 24.4. The maximum Gasteiger partial charge on any atom is 0.264 e. The van der Waals surface area contributed by atoms with Crippen LogP contribution in [0.3, 0.4) is 0 Å². The van der Waals surface area contributed by atoms with Gasteiger partial charge in [0.1, 0.15) is 0 Å². The van der Waals surface area contributed by atoms with Gasteiger partial charge in [0.15, 0.2) is 0 Å². The van der Waals surface area contributed by atoms with Crippen molar-refractivity contribution in [2.75, 3.05) is 10.8 Å². The maximum absolute atomic E-state index is 13.2. The minimum absolute atomic E-state index is 0.0514. The van der Waals surface area contributed by atoms with Crippen molar-refractivity contribution in [2.45, 2.75) is 11.4 Å². The number of hydrogen-bond acceptors (Lipinski definition) is 3. The Bertz CT molecular complexity index is 1080. The molecule has 148 valence electrons. The number of hydrogen-bond donors (Lipinski definition) is 1. The van der Waals surface area contributed by atoms with E-state index in [1.807, 2.05) is 36.4 Å². The Balaban J connectivity index is 1.85. The fourth-order valence-corrected chi connectivity index (χ4v) is 4.34. The van der Waals surface area contributed by atoms with Crippen LogP contribution in [0, 0.1) is 0 Å². The summed E-state index contributed by atoms with van der Waals surface area (Å²) in [6.45, 7) is 4.15. The molecule has 0 radical (unpaired) electrons. The molecule has 3 rings (SSSR count). The second-order valence-electron chi connectivity index (χ2n) is 6.36. The van der Waals surface area contributed by atoms with E-state index in [1.165, 1.54) is 22.5 Å². The van der Waals surface area contributed by atoms with E-state index in [1.54, 1.807) is 36.4 Å².